The third kappa shape index (κ3) is 2.00. The van der Waals surface area contributed by atoms with Crippen LogP contribution in [0, 0.1) is 0 Å². The van der Waals surface area contributed by atoms with Crippen LogP contribution in [0.25, 0.3) is 15.9 Å². The summed E-state index contributed by atoms with van der Waals surface area (Å²) >= 11 is 1.88. The average Bonchev–Trinajstić information content (AvgIpc) is 3.18. The normalized spacial score (nSPS) is 22.0. The number of hydrogen-bond acceptors (Lipinski definition) is 5. The number of hydrogen-bond donors (Lipinski definition) is 0. The van der Waals surface area contributed by atoms with Crippen molar-refractivity contribution in [3.05, 3.63) is 16.8 Å². The lowest BCUT2D eigenvalue weighted by atomic mass is 9.97. The van der Waals surface area contributed by atoms with Crippen LogP contribution >= 0.6 is 11.3 Å². The van der Waals surface area contributed by atoms with Crippen molar-refractivity contribution in [1.82, 2.24) is 19.6 Å². The van der Waals surface area contributed by atoms with E-state index in [2.05, 4.69) is 21.9 Å². The zero-order chi connectivity index (χ0) is 15.4. The zero-order valence-electron chi connectivity index (χ0n) is 13.5. The predicted octanol–water partition coefficient (Wildman–Crippen LogP) is 3.60. The maximum atomic E-state index is 5.06. The molecule has 3 aromatic rings. The molecule has 0 aromatic carbocycles. The molecule has 120 valence electrons. The Morgan fingerprint density at radius 1 is 1.17 bits per heavy atom. The first-order valence-corrected chi connectivity index (χ1v) is 9.55. The quantitative estimate of drug-likeness (QED) is 0.685. The van der Waals surface area contributed by atoms with Gasteiger partial charge in [-0.3, -0.25) is 0 Å². The Kier molecular flexibility index (Phi) is 3.08. The Bertz CT molecular complexity index is 880. The minimum atomic E-state index is 0.524. The van der Waals surface area contributed by atoms with Gasteiger partial charge in [-0.2, -0.15) is 9.61 Å². The molecule has 3 aromatic heterocycles. The van der Waals surface area contributed by atoms with Crippen molar-refractivity contribution in [2.75, 3.05) is 11.4 Å². The van der Waals surface area contributed by atoms with E-state index in [0.717, 1.165) is 23.0 Å². The first kappa shape index (κ1) is 13.7. The molecular formula is C17H21N5S. The van der Waals surface area contributed by atoms with E-state index in [4.69, 9.17) is 4.98 Å². The molecule has 1 fully saturated rings. The van der Waals surface area contributed by atoms with Crippen molar-refractivity contribution in [3.8, 4) is 0 Å². The summed E-state index contributed by atoms with van der Waals surface area (Å²) in [6.45, 7) is 3.37. The Hall–Kier alpha value is -1.69. The monoisotopic (exact) mass is 327 g/mol. The number of rotatable bonds is 1. The van der Waals surface area contributed by atoms with Gasteiger partial charge in [0.25, 0.3) is 0 Å². The summed E-state index contributed by atoms with van der Waals surface area (Å²) in [6.07, 6.45) is 10.4. The van der Waals surface area contributed by atoms with E-state index in [1.54, 1.807) is 6.33 Å². The van der Waals surface area contributed by atoms with Crippen LogP contribution in [0.5, 0.6) is 0 Å². The van der Waals surface area contributed by atoms with E-state index in [9.17, 15) is 0 Å². The van der Waals surface area contributed by atoms with Gasteiger partial charge in [0.15, 0.2) is 5.65 Å². The summed E-state index contributed by atoms with van der Waals surface area (Å²) in [5.74, 6) is 0.982. The molecule has 0 radical (unpaired) electrons. The molecule has 1 atom stereocenters. The average molecular weight is 327 g/mol. The molecule has 23 heavy (non-hydrogen) atoms. The second kappa shape index (κ2) is 5.16. The van der Waals surface area contributed by atoms with Gasteiger partial charge in [0, 0.05) is 17.5 Å². The molecule has 0 N–H and O–H groups in total. The second-order valence-corrected chi connectivity index (χ2v) is 7.92. The van der Waals surface area contributed by atoms with Crippen molar-refractivity contribution < 1.29 is 0 Å². The molecule has 0 spiro atoms. The van der Waals surface area contributed by atoms with Gasteiger partial charge in [0.2, 0.25) is 5.95 Å². The number of fused-ring (bicyclic) bond motifs is 5. The fourth-order valence-electron chi connectivity index (χ4n) is 4.14. The summed E-state index contributed by atoms with van der Waals surface area (Å²) in [6, 6.07) is 0.524. The van der Waals surface area contributed by atoms with Gasteiger partial charge in [-0.1, -0.05) is 0 Å². The number of aryl methyl sites for hydroxylation is 2. The molecule has 1 aliphatic carbocycles. The number of nitrogens with zero attached hydrogens (tertiary/aromatic N) is 5. The van der Waals surface area contributed by atoms with Gasteiger partial charge in [-0.05, 0) is 57.4 Å². The lowest BCUT2D eigenvalue weighted by molar-refractivity contribution is 0.474. The molecule has 0 saturated carbocycles. The number of thiophene rings is 1. The first-order valence-electron chi connectivity index (χ1n) is 8.73. The maximum absolute atomic E-state index is 5.06. The van der Waals surface area contributed by atoms with Crippen molar-refractivity contribution in [2.24, 2.45) is 0 Å². The predicted molar refractivity (Wildman–Crippen MR) is 93.5 cm³/mol. The fraction of sp³-hybridized carbons (Fsp3) is 0.588. The van der Waals surface area contributed by atoms with Crippen LogP contribution in [0.2, 0.25) is 0 Å². The van der Waals surface area contributed by atoms with E-state index >= 15 is 0 Å². The molecule has 5 nitrogen and oxygen atoms in total. The number of aromatic nitrogens is 4. The fourth-order valence-corrected chi connectivity index (χ4v) is 5.39. The largest absolute Gasteiger partial charge is 0.338 e. The summed E-state index contributed by atoms with van der Waals surface area (Å²) in [5.41, 5.74) is 2.49. The lowest BCUT2D eigenvalue weighted by Gasteiger charge is -2.34. The summed E-state index contributed by atoms with van der Waals surface area (Å²) < 4.78 is 1.98. The van der Waals surface area contributed by atoms with Crippen molar-refractivity contribution >= 4 is 33.1 Å². The van der Waals surface area contributed by atoms with Crippen LogP contribution < -0.4 is 4.90 Å². The highest BCUT2D eigenvalue weighted by Gasteiger charge is 2.26. The molecule has 0 bridgehead atoms. The Morgan fingerprint density at radius 3 is 3.00 bits per heavy atom. The van der Waals surface area contributed by atoms with Crippen LogP contribution in [-0.4, -0.2) is 32.2 Å². The second-order valence-electron chi connectivity index (χ2n) is 6.84. The molecular weight excluding hydrogens is 306 g/mol. The van der Waals surface area contributed by atoms with E-state index in [1.165, 1.54) is 60.8 Å². The molecule has 5 rings (SSSR count). The van der Waals surface area contributed by atoms with Crippen molar-refractivity contribution in [2.45, 2.75) is 57.9 Å². The van der Waals surface area contributed by atoms with E-state index in [-0.39, 0.29) is 0 Å². The van der Waals surface area contributed by atoms with E-state index in [1.807, 2.05) is 15.9 Å². The molecule has 4 heterocycles. The highest BCUT2D eigenvalue weighted by atomic mass is 32.1. The van der Waals surface area contributed by atoms with Crippen molar-refractivity contribution in [1.29, 1.82) is 0 Å². The van der Waals surface area contributed by atoms with Crippen LogP contribution in [0.4, 0.5) is 5.95 Å². The SMILES string of the molecule is C[C@@H]1CCCCN1c1nc2sc3c(c2c2ncnn12)CCCC3. The number of anilines is 1. The highest BCUT2D eigenvalue weighted by Crippen LogP contribution is 2.38. The van der Waals surface area contributed by atoms with Gasteiger partial charge in [-0.15, -0.1) is 11.3 Å². The van der Waals surface area contributed by atoms with Crippen molar-refractivity contribution in [3.63, 3.8) is 0 Å². The smallest absolute Gasteiger partial charge is 0.230 e. The molecule has 1 aliphatic heterocycles. The maximum Gasteiger partial charge on any atom is 0.230 e. The van der Waals surface area contributed by atoms with Crippen LogP contribution in [0.15, 0.2) is 6.33 Å². The molecule has 1 saturated heterocycles. The molecule has 0 amide bonds. The minimum absolute atomic E-state index is 0.524. The summed E-state index contributed by atoms with van der Waals surface area (Å²) in [4.78, 5) is 14.8. The van der Waals surface area contributed by atoms with Gasteiger partial charge < -0.3 is 4.90 Å². The molecule has 2 aliphatic rings. The Labute approximate surface area is 139 Å². The zero-order valence-corrected chi connectivity index (χ0v) is 14.3. The number of piperidine rings is 1. The first-order chi connectivity index (χ1) is 11.3. The molecule has 6 heteroatoms. The highest BCUT2D eigenvalue weighted by molar-refractivity contribution is 7.19. The molecule has 0 unspecified atom stereocenters. The lowest BCUT2D eigenvalue weighted by Crippen LogP contribution is -2.39. The van der Waals surface area contributed by atoms with Crippen LogP contribution in [0.3, 0.4) is 0 Å². The summed E-state index contributed by atoms with van der Waals surface area (Å²) in [7, 11) is 0. The van der Waals surface area contributed by atoms with Crippen LogP contribution in [0.1, 0.15) is 49.5 Å². The van der Waals surface area contributed by atoms with Gasteiger partial charge in [-0.25, -0.2) is 9.97 Å². The van der Waals surface area contributed by atoms with Gasteiger partial charge in [0.1, 0.15) is 11.2 Å². The third-order valence-corrected chi connectivity index (χ3v) is 6.56. The van der Waals surface area contributed by atoms with Gasteiger partial charge >= 0.3 is 0 Å². The van der Waals surface area contributed by atoms with Crippen LogP contribution in [-0.2, 0) is 12.8 Å². The van der Waals surface area contributed by atoms with E-state index < -0.39 is 0 Å². The van der Waals surface area contributed by atoms with E-state index in [0.29, 0.717) is 6.04 Å². The topological polar surface area (TPSA) is 46.3 Å². The van der Waals surface area contributed by atoms with Gasteiger partial charge in [0.05, 0.1) is 5.39 Å². The summed E-state index contributed by atoms with van der Waals surface area (Å²) in [5, 5.41) is 5.77. The Morgan fingerprint density at radius 2 is 2.09 bits per heavy atom. The standard InChI is InChI=1S/C17H21N5S/c1-11-6-4-5-9-21(11)17-20-16-14(15-18-10-19-22(15)17)12-7-2-3-8-13(12)23-16/h10-11H,2-9H2,1H3/t11-/m1/s1. The minimum Gasteiger partial charge on any atom is -0.338 e. The third-order valence-electron chi connectivity index (χ3n) is 5.37. The Balaban J connectivity index is 1.78.